The van der Waals surface area contributed by atoms with E-state index in [1.165, 1.54) is 5.56 Å². The quantitative estimate of drug-likeness (QED) is 0.462. The molecule has 0 saturated carbocycles. The molecule has 0 spiro atoms. The molecule has 34 heavy (non-hydrogen) atoms. The van der Waals surface area contributed by atoms with Crippen LogP contribution in [0.5, 0.6) is 0 Å². The van der Waals surface area contributed by atoms with E-state index in [1.807, 2.05) is 6.07 Å². The van der Waals surface area contributed by atoms with Crippen LogP contribution in [-0.4, -0.2) is 83.5 Å². The van der Waals surface area contributed by atoms with Crippen molar-refractivity contribution >= 4 is 23.7 Å². The van der Waals surface area contributed by atoms with Crippen LogP contribution in [0.1, 0.15) is 35.5 Å². The van der Waals surface area contributed by atoms with Gasteiger partial charge in [-0.3, -0.25) is 4.79 Å². The van der Waals surface area contributed by atoms with Crippen molar-refractivity contribution in [2.75, 3.05) is 32.5 Å². The van der Waals surface area contributed by atoms with Gasteiger partial charge in [0, 0.05) is 38.3 Å². The number of fused-ring (bicyclic) bond motifs is 1. The number of aromatic nitrogens is 1. The number of carboxylic acids is 2. The highest BCUT2D eigenvalue weighted by molar-refractivity contribution is 5.98. The third kappa shape index (κ3) is 11.2. The van der Waals surface area contributed by atoms with Gasteiger partial charge in [-0.25, -0.2) is 14.6 Å². The average Bonchev–Trinajstić information content (AvgIpc) is 2.87. The van der Waals surface area contributed by atoms with Gasteiger partial charge >= 0.3 is 24.3 Å². The summed E-state index contributed by atoms with van der Waals surface area (Å²) in [6.45, 7) is 6.13. The van der Waals surface area contributed by atoms with Crippen molar-refractivity contribution in [2.45, 2.75) is 45.1 Å². The number of amides is 1. The van der Waals surface area contributed by atoms with Crippen LogP contribution < -0.4 is 10.6 Å². The number of carbonyl (C=O) groups is 3. The molecule has 2 rings (SSSR count). The van der Waals surface area contributed by atoms with Gasteiger partial charge in [0.25, 0.3) is 5.91 Å². The Bertz CT molecular complexity index is 835. The first-order chi connectivity index (χ1) is 15.4. The van der Waals surface area contributed by atoms with Gasteiger partial charge in [-0.05, 0) is 38.9 Å². The number of rotatable bonds is 3. The Kier molecular flexibility index (Phi) is 11.8. The number of alkyl halides is 6. The molecule has 0 bridgehead atoms. The molecule has 15 heteroatoms. The van der Waals surface area contributed by atoms with Gasteiger partial charge in [0.15, 0.2) is 0 Å². The van der Waals surface area contributed by atoms with E-state index in [0.29, 0.717) is 11.4 Å². The fourth-order valence-electron chi connectivity index (χ4n) is 2.44. The number of likely N-dealkylation sites (N-methyl/N-ethyl adjacent to an activating group) is 1. The highest BCUT2D eigenvalue weighted by Gasteiger charge is 2.38. The number of carbonyl (C=O) groups excluding carboxylic acids is 1. The predicted octanol–water partition coefficient (Wildman–Crippen LogP) is 2.56. The molecule has 0 radical (unpaired) electrons. The monoisotopic (exact) mass is 504 g/mol. The van der Waals surface area contributed by atoms with Crippen LogP contribution in [0.3, 0.4) is 0 Å². The number of nitrogens with one attached hydrogen (secondary N) is 2. The Balaban J connectivity index is 0.000000642. The van der Waals surface area contributed by atoms with E-state index >= 15 is 0 Å². The zero-order chi connectivity index (χ0) is 26.9. The normalized spacial score (nSPS) is 13.9. The standard InChI is InChI=1S/C15H24N4O.2C2HF3O2/c1-10(2)17-14-12(15(20)16-3)9-11-5-7-19(4)8-6-13(11)18-14;2*3-2(4,5)1(6)7/h9-10H,5-8H2,1-4H3,(H,16,20)(H,17,18);2*(H,6,7). The summed E-state index contributed by atoms with van der Waals surface area (Å²) in [6, 6.07) is 2.25. The first-order valence-electron chi connectivity index (χ1n) is 9.70. The third-order valence-electron chi connectivity index (χ3n) is 4.07. The molecular weight excluding hydrogens is 478 g/mol. The van der Waals surface area contributed by atoms with Crippen LogP contribution in [0, 0.1) is 0 Å². The Morgan fingerprint density at radius 2 is 1.44 bits per heavy atom. The molecule has 194 valence electrons. The molecule has 0 aromatic carbocycles. The molecule has 0 unspecified atom stereocenters. The van der Waals surface area contributed by atoms with Crippen molar-refractivity contribution in [1.29, 1.82) is 0 Å². The van der Waals surface area contributed by atoms with Crippen LogP contribution in [0.25, 0.3) is 0 Å². The molecule has 0 atom stereocenters. The second kappa shape index (κ2) is 13.0. The van der Waals surface area contributed by atoms with E-state index in [2.05, 4.69) is 36.4 Å². The minimum absolute atomic E-state index is 0.0824. The van der Waals surface area contributed by atoms with E-state index in [4.69, 9.17) is 24.8 Å². The minimum atomic E-state index is -5.08. The van der Waals surface area contributed by atoms with Gasteiger partial charge in [-0.15, -0.1) is 0 Å². The largest absolute Gasteiger partial charge is 0.490 e. The van der Waals surface area contributed by atoms with Crippen LogP contribution >= 0.6 is 0 Å². The second-order valence-corrected chi connectivity index (χ2v) is 7.28. The van der Waals surface area contributed by atoms with Crippen LogP contribution in [-0.2, 0) is 22.4 Å². The number of anilines is 1. The SMILES string of the molecule is CNC(=O)c1cc2c(nc1NC(C)C)CCN(C)CC2.O=C(O)C(F)(F)F.O=C(O)C(F)(F)F. The van der Waals surface area contributed by atoms with Crippen molar-refractivity contribution in [3.8, 4) is 0 Å². The molecule has 1 aliphatic heterocycles. The van der Waals surface area contributed by atoms with E-state index in [0.717, 1.165) is 31.6 Å². The summed E-state index contributed by atoms with van der Waals surface area (Å²) in [5.74, 6) is -4.90. The van der Waals surface area contributed by atoms with Crippen molar-refractivity contribution in [1.82, 2.24) is 15.2 Å². The van der Waals surface area contributed by atoms with Crippen molar-refractivity contribution in [2.24, 2.45) is 0 Å². The van der Waals surface area contributed by atoms with Crippen molar-refractivity contribution in [3.63, 3.8) is 0 Å². The summed E-state index contributed by atoms with van der Waals surface area (Å²) in [5, 5.41) is 20.2. The number of halogens is 6. The lowest BCUT2D eigenvalue weighted by Crippen LogP contribution is -2.23. The Morgan fingerprint density at radius 1 is 1.00 bits per heavy atom. The lowest BCUT2D eigenvalue weighted by molar-refractivity contribution is -0.193. The van der Waals surface area contributed by atoms with E-state index in [-0.39, 0.29) is 11.9 Å². The molecule has 1 amide bonds. The maximum Gasteiger partial charge on any atom is 0.490 e. The summed E-state index contributed by atoms with van der Waals surface area (Å²) >= 11 is 0. The van der Waals surface area contributed by atoms with Crippen molar-refractivity contribution < 1.29 is 50.9 Å². The lowest BCUT2D eigenvalue weighted by atomic mass is 10.0. The molecule has 4 N–H and O–H groups in total. The van der Waals surface area contributed by atoms with Crippen LogP contribution in [0.4, 0.5) is 32.2 Å². The molecule has 2 heterocycles. The fraction of sp³-hybridized carbons (Fsp3) is 0.579. The summed E-state index contributed by atoms with van der Waals surface area (Å²) in [7, 11) is 3.78. The number of hydrogen-bond donors (Lipinski definition) is 4. The Morgan fingerprint density at radius 3 is 1.82 bits per heavy atom. The molecule has 0 aliphatic carbocycles. The molecule has 1 aromatic rings. The first-order valence-corrected chi connectivity index (χ1v) is 9.70. The number of nitrogens with zero attached hydrogens (tertiary/aromatic N) is 2. The number of aliphatic carboxylic acids is 2. The molecule has 1 aromatic heterocycles. The first kappa shape index (κ1) is 30.9. The number of pyridine rings is 1. The zero-order valence-corrected chi connectivity index (χ0v) is 18.8. The predicted molar refractivity (Wildman–Crippen MR) is 109 cm³/mol. The maximum absolute atomic E-state index is 12.1. The summed E-state index contributed by atoms with van der Waals surface area (Å²) in [5.41, 5.74) is 2.96. The smallest absolute Gasteiger partial charge is 0.475 e. The highest BCUT2D eigenvalue weighted by Crippen LogP contribution is 2.22. The van der Waals surface area contributed by atoms with Gasteiger partial charge in [0.05, 0.1) is 5.56 Å². The van der Waals surface area contributed by atoms with Gasteiger partial charge in [-0.1, -0.05) is 0 Å². The van der Waals surface area contributed by atoms with Gasteiger partial charge in [0.1, 0.15) is 5.82 Å². The van der Waals surface area contributed by atoms with Crippen LogP contribution in [0.2, 0.25) is 0 Å². The molecule has 0 fully saturated rings. The van der Waals surface area contributed by atoms with Gasteiger partial charge in [0.2, 0.25) is 0 Å². The summed E-state index contributed by atoms with van der Waals surface area (Å²) in [4.78, 5) is 36.9. The topological polar surface area (TPSA) is 132 Å². The van der Waals surface area contributed by atoms with Gasteiger partial charge < -0.3 is 25.7 Å². The summed E-state index contributed by atoms with van der Waals surface area (Å²) < 4.78 is 63.5. The molecule has 0 saturated heterocycles. The van der Waals surface area contributed by atoms with E-state index in [1.54, 1.807) is 7.05 Å². The van der Waals surface area contributed by atoms with Gasteiger partial charge in [-0.2, -0.15) is 26.3 Å². The molecule has 9 nitrogen and oxygen atoms in total. The van der Waals surface area contributed by atoms with Crippen LogP contribution in [0.15, 0.2) is 6.07 Å². The zero-order valence-electron chi connectivity index (χ0n) is 18.8. The van der Waals surface area contributed by atoms with E-state index < -0.39 is 24.3 Å². The molecular formula is C19H26F6N4O5. The van der Waals surface area contributed by atoms with E-state index in [9.17, 15) is 31.1 Å². The fourth-order valence-corrected chi connectivity index (χ4v) is 2.44. The average molecular weight is 504 g/mol. The summed E-state index contributed by atoms with van der Waals surface area (Å²) in [6.07, 6.45) is -8.28. The third-order valence-corrected chi connectivity index (χ3v) is 4.07. The Hall–Kier alpha value is -3.10. The highest BCUT2D eigenvalue weighted by atomic mass is 19.4. The second-order valence-electron chi connectivity index (χ2n) is 7.28. The lowest BCUT2D eigenvalue weighted by Gasteiger charge is -2.16. The van der Waals surface area contributed by atoms with Crippen molar-refractivity contribution in [3.05, 3.63) is 22.9 Å². The maximum atomic E-state index is 12.1. The number of carboxylic acid groups (broad SMARTS) is 2. The number of hydrogen-bond acceptors (Lipinski definition) is 6. The Labute approximate surface area is 191 Å². The minimum Gasteiger partial charge on any atom is -0.475 e. The molecule has 1 aliphatic rings.